The Labute approximate surface area is 98.9 Å². The molecule has 0 bridgehead atoms. The predicted molar refractivity (Wildman–Crippen MR) is 56.3 cm³/mol. The van der Waals surface area contributed by atoms with Gasteiger partial charge in [-0.1, -0.05) is 6.92 Å². The first-order valence-electron chi connectivity index (χ1n) is 5.63. The van der Waals surface area contributed by atoms with Crippen LogP contribution in [-0.4, -0.2) is 28.6 Å². The number of carbonyl (C=O) groups is 4. The van der Waals surface area contributed by atoms with Gasteiger partial charge >= 0.3 is 5.97 Å². The number of rotatable bonds is 6. The maximum absolute atomic E-state index is 11.3. The van der Waals surface area contributed by atoms with Gasteiger partial charge in [0.15, 0.2) is 0 Å². The van der Waals surface area contributed by atoms with Gasteiger partial charge in [0, 0.05) is 32.1 Å². The van der Waals surface area contributed by atoms with Gasteiger partial charge in [-0.05, 0) is 6.42 Å². The quantitative estimate of drug-likeness (QED) is 0.641. The second kappa shape index (κ2) is 6.12. The van der Waals surface area contributed by atoms with E-state index in [1.54, 1.807) is 6.92 Å². The van der Waals surface area contributed by atoms with E-state index in [-0.39, 0.29) is 25.0 Å². The molecule has 1 rings (SSSR count). The summed E-state index contributed by atoms with van der Waals surface area (Å²) in [6.07, 6.45) is 1.33. The molecule has 0 N–H and O–H groups in total. The van der Waals surface area contributed by atoms with Crippen molar-refractivity contribution < 1.29 is 24.0 Å². The Morgan fingerprint density at radius 1 is 1.18 bits per heavy atom. The molecule has 0 atom stereocenters. The molecule has 0 aromatic heterocycles. The smallest absolute Gasteiger partial charge is 0.330 e. The SMILES string of the molecule is CCC(=O)CCCC(=O)ON1C(=O)CCC1=O. The van der Waals surface area contributed by atoms with Crippen LogP contribution in [0.2, 0.25) is 0 Å². The van der Waals surface area contributed by atoms with Crippen LogP contribution in [0.4, 0.5) is 0 Å². The van der Waals surface area contributed by atoms with E-state index in [2.05, 4.69) is 4.84 Å². The molecule has 6 nitrogen and oxygen atoms in total. The van der Waals surface area contributed by atoms with Crippen LogP contribution in [-0.2, 0) is 24.0 Å². The van der Waals surface area contributed by atoms with Gasteiger partial charge in [-0.3, -0.25) is 14.4 Å². The van der Waals surface area contributed by atoms with Gasteiger partial charge in [-0.25, -0.2) is 4.79 Å². The highest BCUT2D eigenvalue weighted by atomic mass is 16.7. The lowest BCUT2D eigenvalue weighted by atomic mass is 10.1. The number of hydrogen-bond donors (Lipinski definition) is 0. The number of Topliss-reactive ketones (excluding diaryl/α,β-unsaturated/α-hetero) is 1. The van der Waals surface area contributed by atoms with Crippen LogP contribution in [0.5, 0.6) is 0 Å². The van der Waals surface area contributed by atoms with Gasteiger partial charge in [-0.2, -0.15) is 0 Å². The molecular formula is C11H15NO5. The average molecular weight is 241 g/mol. The Hall–Kier alpha value is -1.72. The minimum atomic E-state index is -0.655. The van der Waals surface area contributed by atoms with Crippen molar-refractivity contribution in [3.05, 3.63) is 0 Å². The maximum atomic E-state index is 11.3. The molecule has 0 aromatic rings. The molecule has 94 valence electrons. The third-order valence-electron chi connectivity index (χ3n) is 2.43. The predicted octanol–water partition coefficient (Wildman–Crippen LogP) is 0.743. The molecule has 0 saturated carbocycles. The molecule has 0 aliphatic carbocycles. The number of hydrogen-bond acceptors (Lipinski definition) is 5. The van der Waals surface area contributed by atoms with Crippen LogP contribution in [0.1, 0.15) is 45.4 Å². The summed E-state index contributed by atoms with van der Waals surface area (Å²) in [5, 5.41) is 0.518. The van der Waals surface area contributed by atoms with Crippen LogP contribution in [0, 0.1) is 0 Å². The van der Waals surface area contributed by atoms with E-state index in [9.17, 15) is 19.2 Å². The number of nitrogens with zero attached hydrogens (tertiary/aromatic N) is 1. The molecule has 1 aliphatic heterocycles. The molecule has 17 heavy (non-hydrogen) atoms. The van der Waals surface area contributed by atoms with Crippen molar-refractivity contribution in [3.8, 4) is 0 Å². The lowest BCUT2D eigenvalue weighted by Crippen LogP contribution is -2.31. The van der Waals surface area contributed by atoms with Gasteiger partial charge in [0.05, 0.1) is 0 Å². The molecule has 6 heteroatoms. The Bertz CT molecular complexity index is 334. The summed E-state index contributed by atoms with van der Waals surface area (Å²) in [5.41, 5.74) is 0. The lowest BCUT2D eigenvalue weighted by Gasteiger charge is -2.12. The van der Waals surface area contributed by atoms with Crippen molar-refractivity contribution in [1.82, 2.24) is 5.06 Å². The second-order valence-corrected chi connectivity index (χ2v) is 3.79. The van der Waals surface area contributed by atoms with E-state index >= 15 is 0 Å². The van der Waals surface area contributed by atoms with Gasteiger partial charge in [0.25, 0.3) is 11.8 Å². The Balaban J connectivity index is 2.27. The number of imide groups is 1. The van der Waals surface area contributed by atoms with Gasteiger partial charge in [0.2, 0.25) is 0 Å². The monoisotopic (exact) mass is 241 g/mol. The average Bonchev–Trinajstić information content (AvgIpc) is 2.60. The van der Waals surface area contributed by atoms with E-state index < -0.39 is 17.8 Å². The van der Waals surface area contributed by atoms with Crippen LogP contribution >= 0.6 is 0 Å². The minimum Gasteiger partial charge on any atom is -0.330 e. The Morgan fingerprint density at radius 3 is 2.29 bits per heavy atom. The number of ketones is 1. The summed E-state index contributed by atoms with van der Waals surface area (Å²) < 4.78 is 0. The maximum Gasteiger partial charge on any atom is 0.333 e. The van der Waals surface area contributed by atoms with Gasteiger partial charge in [0.1, 0.15) is 5.78 Å². The molecule has 1 saturated heterocycles. The van der Waals surface area contributed by atoms with Crippen LogP contribution in [0.15, 0.2) is 0 Å². The standard InChI is InChI=1S/C11H15NO5/c1-2-8(13)4-3-5-11(16)17-12-9(14)6-7-10(12)15/h2-7H2,1H3. The topological polar surface area (TPSA) is 80.8 Å². The third-order valence-corrected chi connectivity index (χ3v) is 2.43. The van der Waals surface area contributed by atoms with Crippen molar-refractivity contribution in [2.75, 3.05) is 0 Å². The van der Waals surface area contributed by atoms with E-state index in [1.165, 1.54) is 0 Å². The largest absolute Gasteiger partial charge is 0.333 e. The van der Waals surface area contributed by atoms with Crippen LogP contribution in [0.25, 0.3) is 0 Å². The first-order chi connectivity index (χ1) is 8.04. The first-order valence-corrected chi connectivity index (χ1v) is 5.63. The van der Waals surface area contributed by atoms with E-state index in [4.69, 9.17) is 0 Å². The van der Waals surface area contributed by atoms with Gasteiger partial charge < -0.3 is 4.84 Å². The van der Waals surface area contributed by atoms with Crippen LogP contribution < -0.4 is 0 Å². The molecule has 0 aromatic carbocycles. The first kappa shape index (κ1) is 13.3. The molecular weight excluding hydrogens is 226 g/mol. The summed E-state index contributed by atoms with van der Waals surface area (Å²) in [4.78, 5) is 49.1. The highest BCUT2D eigenvalue weighted by Gasteiger charge is 2.32. The second-order valence-electron chi connectivity index (χ2n) is 3.79. The fraction of sp³-hybridized carbons (Fsp3) is 0.636. The number of amides is 2. The highest BCUT2D eigenvalue weighted by Crippen LogP contribution is 2.13. The summed E-state index contributed by atoms with van der Waals surface area (Å²) in [5.74, 6) is -1.57. The normalized spacial score (nSPS) is 15.2. The number of hydroxylamine groups is 2. The minimum absolute atomic E-state index is 0.0306. The van der Waals surface area contributed by atoms with Crippen LogP contribution in [0.3, 0.4) is 0 Å². The fourth-order valence-electron chi connectivity index (χ4n) is 1.41. The summed E-state index contributed by atoms with van der Waals surface area (Å²) in [6.45, 7) is 1.75. The lowest BCUT2D eigenvalue weighted by molar-refractivity contribution is -0.197. The summed E-state index contributed by atoms with van der Waals surface area (Å²) >= 11 is 0. The zero-order valence-electron chi connectivity index (χ0n) is 9.73. The van der Waals surface area contributed by atoms with E-state index in [0.717, 1.165) is 0 Å². The summed E-state index contributed by atoms with van der Waals surface area (Å²) in [6, 6.07) is 0. The zero-order valence-corrected chi connectivity index (χ0v) is 9.73. The molecule has 1 heterocycles. The van der Waals surface area contributed by atoms with Crippen molar-refractivity contribution in [3.63, 3.8) is 0 Å². The van der Waals surface area contributed by atoms with Crippen molar-refractivity contribution in [2.45, 2.75) is 45.4 Å². The van der Waals surface area contributed by atoms with Crippen molar-refractivity contribution in [1.29, 1.82) is 0 Å². The van der Waals surface area contributed by atoms with E-state index in [1.807, 2.05) is 0 Å². The molecule has 0 unspecified atom stereocenters. The van der Waals surface area contributed by atoms with E-state index in [0.29, 0.717) is 24.3 Å². The summed E-state index contributed by atoms with van der Waals surface area (Å²) in [7, 11) is 0. The molecule has 0 spiro atoms. The number of carbonyl (C=O) groups excluding carboxylic acids is 4. The molecule has 1 aliphatic rings. The molecule has 0 radical (unpaired) electrons. The highest BCUT2D eigenvalue weighted by molar-refractivity contribution is 6.01. The van der Waals surface area contributed by atoms with Crippen molar-refractivity contribution in [2.24, 2.45) is 0 Å². The molecule has 2 amide bonds. The third kappa shape index (κ3) is 3.97. The van der Waals surface area contributed by atoms with Gasteiger partial charge in [-0.15, -0.1) is 5.06 Å². The Morgan fingerprint density at radius 2 is 1.76 bits per heavy atom. The zero-order chi connectivity index (χ0) is 12.8. The Kier molecular flexibility index (Phi) is 4.81. The fourth-order valence-corrected chi connectivity index (χ4v) is 1.41. The van der Waals surface area contributed by atoms with Crippen molar-refractivity contribution >= 4 is 23.6 Å². The molecule has 1 fully saturated rings.